The highest BCUT2D eigenvalue weighted by molar-refractivity contribution is 7.98. The van der Waals surface area contributed by atoms with Crippen LogP contribution in [0.15, 0.2) is 0 Å². The minimum absolute atomic E-state index is 0.123. The molecule has 0 bridgehead atoms. The molecule has 0 radical (unpaired) electrons. The zero-order valence-corrected chi connectivity index (χ0v) is 12.4. The number of carbonyl (C=O) groups is 4. The fourth-order valence-corrected chi connectivity index (χ4v) is 1.96. The molecule has 0 saturated heterocycles. The number of aliphatic carboxylic acids is 1. The van der Waals surface area contributed by atoms with Crippen LogP contribution in [0.1, 0.15) is 19.3 Å². The quantitative estimate of drug-likeness (QED) is 0.332. The van der Waals surface area contributed by atoms with Crippen molar-refractivity contribution in [3.8, 4) is 0 Å². The van der Waals surface area contributed by atoms with Crippen LogP contribution in [0.25, 0.3) is 0 Å². The second kappa shape index (κ2) is 9.86. The summed E-state index contributed by atoms with van der Waals surface area (Å²) in [6.07, 6.45) is 1.84. The van der Waals surface area contributed by atoms with E-state index in [0.717, 1.165) is 0 Å². The lowest BCUT2D eigenvalue weighted by atomic mass is 10.1. The van der Waals surface area contributed by atoms with E-state index in [1.165, 1.54) is 11.8 Å². The van der Waals surface area contributed by atoms with Crippen molar-refractivity contribution in [1.82, 2.24) is 10.6 Å². The number of urea groups is 1. The third-order valence-corrected chi connectivity index (χ3v) is 3.18. The predicted octanol–water partition coefficient (Wildman–Crippen LogP) is -1.39. The largest absolute Gasteiger partial charge is 0.480 e. The first-order chi connectivity index (χ1) is 9.77. The Labute approximate surface area is 126 Å². The lowest BCUT2D eigenvalue weighted by Crippen LogP contribution is -2.53. The van der Waals surface area contributed by atoms with Crippen molar-refractivity contribution in [2.24, 2.45) is 11.5 Å². The Balaban J connectivity index is 4.68. The fourth-order valence-electron chi connectivity index (χ4n) is 1.49. The van der Waals surface area contributed by atoms with Gasteiger partial charge >= 0.3 is 12.0 Å². The summed E-state index contributed by atoms with van der Waals surface area (Å²) in [5.41, 5.74) is 9.92. The van der Waals surface area contributed by atoms with Gasteiger partial charge in [0.1, 0.15) is 12.1 Å². The SMILES string of the molecule is CSCCC(NC(N)=O)C(=O)N[C@H](CCC(N)=O)C(=O)O. The molecule has 0 fully saturated rings. The summed E-state index contributed by atoms with van der Waals surface area (Å²) in [5, 5.41) is 13.5. The van der Waals surface area contributed by atoms with E-state index in [9.17, 15) is 19.2 Å². The van der Waals surface area contributed by atoms with Crippen molar-refractivity contribution in [2.45, 2.75) is 31.3 Å². The summed E-state index contributed by atoms with van der Waals surface area (Å²) in [6.45, 7) is 0. The van der Waals surface area contributed by atoms with Crippen molar-refractivity contribution in [2.75, 3.05) is 12.0 Å². The Hall–Kier alpha value is -1.97. The van der Waals surface area contributed by atoms with Gasteiger partial charge < -0.3 is 27.2 Å². The molecular weight excluding hydrogens is 300 g/mol. The third-order valence-electron chi connectivity index (χ3n) is 2.54. The van der Waals surface area contributed by atoms with Gasteiger partial charge in [-0.05, 0) is 24.9 Å². The summed E-state index contributed by atoms with van der Waals surface area (Å²) in [5.74, 6) is -2.03. The van der Waals surface area contributed by atoms with E-state index in [1.807, 2.05) is 6.26 Å². The molecule has 120 valence electrons. The molecule has 0 aliphatic carbocycles. The maximum atomic E-state index is 12.0. The van der Waals surface area contributed by atoms with Crippen LogP contribution in [-0.4, -0.2) is 53.0 Å². The molecule has 0 saturated carbocycles. The molecule has 7 N–H and O–H groups in total. The van der Waals surface area contributed by atoms with Crippen LogP contribution in [0.2, 0.25) is 0 Å². The van der Waals surface area contributed by atoms with Gasteiger partial charge in [0.15, 0.2) is 0 Å². The summed E-state index contributed by atoms with van der Waals surface area (Å²) in [4.78, 5) is 44.5. The molecule has 0 aliphatic rings. The third kappa shape index (κ3) is 8.74. The molecule has 9 nitrogen and oxygen atoms in total. The molecule has 0 aromatic rings. The topological polar surface area (TPSA) is 165 Å². The monoisotopic (exact) mass is 320 g/mol. The lowest BCUT2D eigenvalue weighted by molar-refractivity contribution is -0.142. The summed E-state index contributed by atoms with van der Waals surface area (Å²) >= 11 is 1.46. The van der Waals surface area contributed by atoms with Gasteiger partial charge in [-0.25, -0.2) is 9.59 Å². The van der Waals surface area contributed by atoms with E-state index >= 15 is 0 Å². The number of hydrogen-bond donors (Lipinski definition) is 5. The number of carbonyl (C=O) groups excluding carboxylic acids is 3. The summed E-state index contributed by atoms with van der Waals surface area (Å²) in [6, 6.07) is -3.05. The van der Waals surface area contributed by atoms with Gasteiger partial charge in [0.05, 0.1) is 0 Å². The molecule has 10 heteroatoms. The van der Waals surface area contributed by atoms with Gasteiger partial charge in [0.25, 0.3) is 0 Å². The molecule has 4 amide bonds. The van der Waals surface area contributed by atoms with Crippen LogP contribution in [0.3, 0.4) is 0 Å². The van der Waals surface area contributed by atoms with E-state index in [-0.39, 0.29) is 12.8 Å². The highest BCUT2D eigenvalue weighted by Crippen LogP contribution is 2.03. The zero-order valence-electron chi connectivity index (χ0n) is 11.6. The van der Waals surface area contributed by atoms with E-state index in [0.29, 0.717) is 12.2 Å². The van der Waals surface area contributed by atoms with Crippen LogP contribution < -0.4 is 22.1 Å². The Morgan fingerprint density at radius 1 is 1.10 bits per heavy atom. The van der Waals surface area contributed by atoms with E-state index in [4.69, 9.17) is 16.6 Å². The number of rotatable bonds is 10. The molecule has 0 spiro atoms. The molecule has 21 heavy (non-hydrogen) atoms. The average molecular weight is 320 g/mol. The van der Waals surface area contributed by atoms with Gasteiger partial charge in [-0.15, -0.1) is 0 Å². The minimum Gasteiger partial charge on any atom is -0.480 e. The maximum Gasteiger partial charge on any atom is 0.326 e. The van der Waals surface area contributed by atoms with Gasteiger partial charge in [0.2, 0.25) is 11.8 Å². The Morgan fingerprint density at radius 2 is 1.71 bits per heavy atom. The van der Waals surface area contributed by atoms with Crippen LogP contribution in [0, 0.1) is 0 Å². The summed E-state index contributed by atoms with van der Waals surface area (Å²) < 4.78 is 0. The highest BCUT2D eigenvalue weighted by atomic mass is 32.2. The molecule has 0 aliphatic heterocycles. The van der Waals surface area contributed by atoms with E-state index in [2.05, 4.69) is 10.6 Å². The normalized spacial score (nSPS) is 13.0. The van der Waals surface area contributed by atoms with Crippen molar-refractivity contribution >= 4 is 35.6 Å². The van der Waals surface area contributed by atoms with Gasteiger partial charge in [0, 0.05) is 6.42 Å². The van der Waals surface area contributed by atoms with Crippen LogP contribution in [-0.2, 0) is 14.4 Å². The number of amides is 4. The zero-order chi connectivity index (χ0) is 16.4. The van der Waals surface area contributed by atoms with Crippen molar-refractivity contribution in [3.63, 3.8) is 0 Å². The number of thioether (sulfide) groups is 1. The van der Waals surface area contributed by atoms with Crippen molar-refractivity contribution in [3.05, 3.63) is 0 Å². The molecular formula is C11H20N4O5S. The number of nitrogens with one attached hydrogen (secondary N) is 2. The van der Waals surface area contributed by atoms with Crippen molar-refractivity contribution in [1.29, 1.82) is 0 Å². The molecule has 0 heterocycles. The molecule has 0 rings (SSSR count). The lowest BCUT2D eigenvalue weighted by Gasteiger charge is -2.20. The number of carboxylic acid groups (broad SMARTS) is 1. The molecule has 1 unspecified atom stereocenters. The first kappa shape index (κ1) is 19.0. The second-order valence-electron chi connectivity index (χ2n) is 4.25. The standard InChI is InChI=1S/C11H20N4O5S/c1-21-5-4-6(15-11(13)20)9(17)14-7(10(18)19)2-3-8(12)16/h6-7H,2-5H2,1H3,(H2,12,16)(H,14,17)(H,18,19)(H3,13,15,20)/t6?,7-/m1/s1. The average Bonchev–Trinajstić information content (AvgIpc) is 2.37. The predicted molar refractivity (Wildman–Crippen MR) is 77.5 cm³/mol. The Kier molecular flexibility index (Phi) is 8.93. The summed E-state index contributed by atoms with van der Waals surface area (Å²) in [7, 11) is 0. The van der Waals surface area contributed by atoms with E-state index < -0.39 is 35.9 Å². The number of hydrogen-bond acceptors (Lipinski definition) is 5. The number of primary amides is 2. The Morgan fingerprint density at radius 3 is 2.14 bits per heavy atom. The first-order valence-corrected chi connectivity index (χ1v) is 7.53. The highest BCUT2D eigenvalue weighted by Gasteiger charge is 2.26. The number of carboxylic acids is 1. The first-order valence-electron chi connectivity index (χ1n) is 6.14. The van der Waals surface area contributed by atoms with Crippen LogP contribution in [0.5, 0.6) is 0 Å². The Bertz CT molecular complexity index is 404. The second-order valence-corrected chi connectivity index (χ2v) is 5.23. The van der Waals surface area contributed by atoms with Crippen LogP contribution >= 0.6 is 11.8 Å². The van der Waals surface area contributed by atoms with E-state index in [1.54, 1.807) is 0 Å². The minimum atomic E-state index is -1.28. The molecule has 0 aromatic carbocycles. The number of nitrogens with two attached hydrogens (primary N) is 2. The van der Waals surface area contributed by atoms with Gasteiger partial charge in [-0.1, -0.05) is 0 Å². The van der Waals surface area contributed by atoms with Gasteiger partial charge in [-0.2, -0.15) is 11.8 Å². The van der Waals surface area contributed by atoms with Gasteiger partial charge in [-0.3, -0.25) is 9.59 Å². The molecule has 2 atom stereocenters. The molecule has 0 aromatic heterocycles. The fraction of sp³-hybridized carbons (Fsp3) is 0.636. The van der Waals surface area contributed by atoms with Crippen molar-refractivity contribution < 1.29 is 24.3 Å². The smallest absolute Gasteiger partial charge is 0.326 e. The van der Waals surface area contributed by atoms with Crippen LogP contribution in [0.4, 0.5) is 4.79 Å². The maximum absolute atomic E-state index is 12.0.